The Labute approximate surface area is 69.3 Å². The Morgan fingerprint density at radius 1 is 1.27 bits per heavy atom. The average Bonchev–Trinajstić information content (AvgIpc) is 1.85. The van der Waals surface area contributed by atoms with Crippen molar-refractivity contribution in [3.8, 4) is 0 Å². The summed E-state index contributed by atoms with van der Waals surface area (Å²) in [7, 11) is 0. The first kappa shape index (κ1) is 9.01. The van der Waals surface area contributed by atoms with Crippen LogP contribution in [0.1, 0.15) is 33.6 Å². The highest BCUT2D eigenvalue weighted by molar-refractivity contribution is 4.80. The smallest absolute Gasteiger partial charge is 0.0604 e. The predicted octanol–water partition coefficient (Wildman–Crippen LogP) is 1.55. The van der Waals surface area contributed by atoms with E-state index in [2.05, 4.69) is 26.1 Å². The third kappa shape index (κ3) is 2.80. The molecule has 0 spiro atoms. The summed E-state index contributed by atoms with van der Waals surface area (Å²) in [5.74, 6) is 0. The van der Waals surface area contributed by atoms with E-state index in [0.29, 0.717) is 18.2 Å². The average molecular weight is 157 g/mol. The molecular weight excluding hydrogens is 138 g/mol. The van der Waals surface area contributed by atoms with Crippen LogP contribution in [0.4, 0.5) is 0 Å². The van der Waals surface area contributed by atoms with E-state index in [0.717, 1.165) is 19.4 Å². The summed E-state index contributed by atoms with van der Waals surface area (Å²) < 4.78 is 5.58. The Morgan fingerprint density at radius 2 is 1.82 bits per heavy atom. The lowest BCUT2D eigenvalue weighted by atomic mass is 9.98. The van der Waals surface area contributed by atoms with Gasteiger partial charge in [0.2, 0.25) is 0 Å². The topological polar surface area (TPSA) is 21.3 Å². The first-order valence-electron chi connectivity index (χ1n) is 4.60. The standard InChI is InChI=1S/C9H19NO/c1-4-11-9-5-7(2)10-8(3)6-9/h7-10H,4-6H2,1-3H3. The molecule has 11 heavy (non-hydrogen) atoms. The fourth-order valence-corrected chi connectivity index (χ4v) is 1.88. The number of rotatable bonds is 2. The molecule has 0 aliphatic carbocycles. The highest BCUT2D eigenvalue weighted by Crippen LogP contribution is 2.15. The summed E-state index contributed by atoms with van der Waals surface area (Å²) >= 11 is 0. The third-order valence-electron chi connectivity index (χ3n) is 2.20. The SMILES string of the molecule is CCOC1CC(C)NC(C)C1. The molecule has 1 N–H and O–H groups in total. The molecule has 2 unspecified atom stereocenters. The van der Waals surface area contributed by atoms with Crippen LogP contribution >= 0.6 is 0 Å². The first-order chi connectivity index (χ1) is 5.22. The van der Waals surface area contributed by atoms with Gasteiger partial charge in [-0.3, -0.25) is 0 Å². The first-order valence-corrected chi connectivity index (χ1v) is 4.60. The van der Waals surface area contributed by atoms with Crippen LogP contribution in [0.15, 0.2) is 0 Å². The van der Waals surface area contributed by atoms with Gasteiger partial charge in [-0.15, -0.1) is 0 Å². The fraction of sp³-hybridized carbons (Fsp3) is 1.00. The molecule has 0 bridgehead atoms. The van der Waals surface area contributed by atoms with E-state index in [1.165, 1.54) is 0 Å². The number of ether oxygens (including phenoxy) is 1. The van der Waals surface area contributed by atoms with E-state index in [1.807, 2.05) is 0 Å². The van der Waals surface area contributed by atoms with Gasteiger partial charge in [0, 0.05) is 18.7 Å². The van der Waals surface area contributed by atoms with Gasteiger partial charge in [0.25, 0.3) is 0 Å². The Morgan fingerprint density at radius 3 is 2.27 bits per heavy atom. The second kappa shape index (κ2) is 4.07. The molecule has 0 amide bonds. The minimum absolute atomic E-state index is 0.492. The summed E-state index contributed by atoms with van der Waals surface area (Å²) in [6, 6.07) is 1.24. The van der Waals surface area contributed by atoms with Gasteiger partial charge in [0.1, 0.15) is 0 Å². The molecule has 2 atom stereocenters. The van der Waals surface area contributed by atoms with Gasteiger partial charge in [0.15, 0.2) is 0 Å². The lowest BCUT2D eigenvalue weighted by molar-refractivity contribution is 0.0213. The van der Waals surface area contributed by atoms with Crippen LogP contribution in [0.5, 0.6) is 0 Å². The number of nitrogens with one attached hydrogen (secondary N) is 1. The quantitative estimate of drug-likeness (QED) is 0.656. The molecule has 0 radical (unpaired) electrons. The molecule has 0 saturated carbocycles. The van der Waals surface area contributed by atoms with Gasteiger partial charge in [-0.2, -0.15) is 0 Å². The number of hydrogen-bond acceptors (Lipinski definition) is 2. The van der Waals surface area contributed by atoms with Crippen LogP contribution in [-0.4, -0.2) is 24.8 Å². The van der Waals surface area contributed by atoms with Crippen molar-refractivity contribution in [1.82, 2.24) is 5.32 Å². The van der Waals surface area contributed by atoms with Crippen LogP contribution < -0.4 is 5.32 Å². The van der Waals surface area contributed by atoms with Crippen LogP contribution in [0.3, 0.4) is 0 Å². The van der Waals surface area contributed by atoms with E-state index in [1.54, 1.807) is 0 Å². The maximum Gasteiger partial charge on any atom is 0.0604 e. The Bertz CT molecular complexity index is 106. The normalized spacial score (nSPS) is 39.0. The van der Waals surface area contributed by atoms with Crippen molar-refractivity contribution >= 4 is 0 Å². The van der Waals surface area contributed by atoms with Gasteiger partial charge in [-0.25, -0.2) is 0 Å². The maximum atomic E-state index is 5.58. The third-order valence-corrected chi connectivity index (χ3v) is 2.20. The molecule has 0 aromatic rings. The van der Waals surface area contributed by atoms with Gasteiger partial charge in [-0.05, 0) is 33.6 Å². The van der Waals surface area contributed by atoms with Crippen LogP contribution in [0.25, 0.3) is 0 Å². The molecule has 1 aliphatic rings. The molecule has 1 fully saturated rings. The summed E-state index contributed by atoms with van der Waals surface area (Å²) in [6.45, 7) is 7.37. The lowest BCUT2D eigenvalue weighted by Crippen LogP contribution is -2.45. The van der Waals surface area contributed by atoms with Crippen molar-refractivity contribution in [3.05, 3.63) is 0 Å². The van der Waals surface area contributed by atoms with Crippen molar-refractivity contribution in [2.75, 3.05) is 6.61 Å². The fourth-order valence-electron chi connectivity index (χ4n) is 1.88. The summed E-state index contributed by atoms with van der Waals surface area (Å²) in [4.78, 5) is 0. The maximum absolute atomic E-state index is 5.58. The minimum Gasteiger partial charge on any atom is -0.378 e. The monoisotopic (exact) mass is 157 g/mol. The summed E-state index contributed by atoms with van der Waals surface area (Å²) in [5.41, 5.74) is 0. The van der Waals surface area contributed by atoms with Gasteiger partial charge >= 0.3 is 0 Å². The van der Waals surface area contributed by atoms with Gasteiger partial charge in [-0.1, -0.05) is 0 Å². The van der Waals surface area contributed by atoms with Crippen LogP contribution in [0, 0.1) is 0 Å². The molecule has 1 saturated heterocycles. The van der Waals surface area contributed by atoms with Gasteiger partial charge in [0.05, 0.1) is 6.10 Å². The zero-order valence-electron chi connectivity index (χ0n) is 7.76. The molecular formula is C9H19NO. The molecule has 66 valence electrons. The van der Waals surface area contributed by atoms with Crippen LogP contribution in [-0.2, 0) is 4.74 Å². The summed E-state index contributed by atoms with van der Waals surface area (Å²) in [6.07, 6.45) is 2.82. The second-order valence-corrected chi connectivity index (χ2v) is 3.52. The van der Waals surface area contributed by atoms with Crippen molar-refractivity contribution < 1.29 is 4.74 Å². The highest BCUT2D eigenvalue weighted by atomic mass is 16.5. The lowest BCUT2D eigenvalue weighted by Gasteiger charge is -2.32. The molecule has 1 rings (SSSR count). The molecule has 0 aromatic carbocycles. The van der Waals surface area contributed by atoms with E-state index in [4.69, 9.17) is 4.74 Å². The van der Waals surface area contributed by atoms with Crippen molar-refractivity contribution in [2.24, 2.45) is 0 Å². The molecule has 0 aromatic heterocycles. The van der Waals surface area contributed by atoms with Crippen molar-refractivity contribution in [3.63, 3.8) is 0 Å². The van der Waals surface area contributed by atoms with E-state index >= 15 is 0 Å². The van der Waals surface area contributed by atoms with E-state index < -0.39 is 0 Å². The molecule has 2 heteroatoms. The van der Waals surface area contributed by atoms with E-state index in [-0.39, 0.29) is 0 Å². The Hall–Kier alpha value is -0.0800. The molecule has 1 aliphatic heterocycles. The van der Waals surface area contributed by atoms with Crippen molar-refractivity contribution in [1.29, 1.82) is 0 Å². The predicted molar refractivity (Wildman–Crippen MR) is 46.7 cm³/mol. The second-order valence-electron chi connectivity index (χ2n) is 3.52. The van der Waals surface area contributed by atoms with Crippen molar-refractivity contribution in [2.45, 2.75) is 51.8 Å². The number of hydrogen-bond donors (Lipinski definition) is 1. The number of piperidine rings is 1. The Kier molecular flexibility index (Phi) is 3.34. The summed E-state index contributed by atoms with van der Waals surface area (Å²) in [5, 5.41) is 3.49. The molecule has 1 heterocycles. The molecule has 2 nitrogen and oxygen atoms in total. The largest absolute Gasteiger partial charge is 0.378 e. The minimum atomic E-state index is 0.492. The highest BCUT2D eigenvalue weighted by Gasteiger charge is 2.22. The zero-order valence-corrected chi connectivity index (χ0v) is 7.76. The van der Waals surface area contributed by atoms with E-state index in [9.17, 15) is 0 Å². The zero-order chi connectivity index (χ0) is 8.27. The Balaban J connectivity index is 2.30. The van der Waals surface area contributed by atoms with Crippen LogP contribution in [0.2, 0.25) is 0 Å². The van der Waals surface area contributed by atoms with Gasteiger partial charge < -0.3 is 10.1 Å².